The summed E-state index contributed by atoms with van der Waals surface area (Å²) in [6, 6.07) is 0. The zero-order valence-electron chi connectivity index (χ0n) is 15.3. The van der Waals surface area contributed by atoms with Crippen molar-refractivity contribution in [3.63, 3.8) is 0 Å². The van der Waals surface area contributed by atoms with Crippen LogP contribution >= 0.6 is 15.9 Å². The van der Waals surface area contributed by atoms with Gasteiger partial charge in [0, 0.05) is 11.8 Å². The average Bonchev–Trinajstić information content (AvgIpc) is 2.87. The first kappa shape index (κ1) is 17.9. The molecular weight excluding hydrogens is 380 g/mol. The first-order chi connectivity index (χ1) is 11.8. The molecule has 3 nitrogen and oxygen atoms in total. The van der Waals surface area contributed by atoms with E-state index in [4.69, 9.17) is 0 Å². The van der Waals surface area contributed by atoms with Crippen LogP contribution in [0, 0.1) is 28.6 Å². The molecule has 4 aliphatic rings. The number of allylic oxidation sites excluding steroid dienone is 1. The molecule has 0 heterocycles. The van der Waals surface area contributed by atoms with Crippen LogP contribution in [0.4, 0.5) is 0 Å². The summed E-state index contributed by atoms with van der Waals surface area (Å²) in [6.45, 7) is 4.54. The smallest absolute Gasteiger partial charge is 0.175 e. The van der Waals surface area contributed by atoms with Crippen LogP contribution < -0.4 is 0 Å². The minimum absolute atomic E-state index is 0.0400. The Kier molecular flexibility index (Phi) is 4.12. The van der Waals surface area contributed by atoms with Crippen LogP contribution in [0.5, 0.6) is 0 Å². The lowest BCUT2D eigenvalue weighted by atomic mass is 9.46. The van der Waals surface area contributed by atoms with Crippen molar-refractivity contribution in [1.29, 1.82) is 0 Å². The number of fused-ring (bicyclic) bond motifs is 5. The fourth-order valence-corrected chi connectivity index (χ4v) is 7.61. The molecule has 0 aromatic heterocycles. The Hall–Kier alpha value is -0.480. The van der Waals surface area contributed by atoms with Crippen molar-refractivity contribution < 1.29 is 14.7 Å². The second kappa shape index (κ2) is 5.76. The molecule has 0 aromatic carbocycles. The van der Waals surface area contributed by atoms with Crippen molar-refractivity contribution in [2.45, 2.75) is 70.8 Å². The average molecular weight is 409 g/mol. The maximum Gasteiger partial charge on any atom is 0.175 e. The Bertz CT molecular complexity index is 656. The Morgan fingerprint density at radius 1 is 1.16 bits per heavy atom. The molecule has 3 saturated carbocycles. The molecule has 138 valence electrons. The molecule has 0 amide bonds. The molecule has 0 saturated heterocycles. The first-order valence-corrected chi connectivity index (χ1v) is 10.9. The summed E-state index contributed by atoms with van der Waals surface area (Å²) >= 11 is 3.28. The number of carbonyl (C=O) groups is 2. The number of halogens is 1. The molecule has 6 atom stereocenters. The summed E-state index contributed by atoms with van der Waals surface area (Å²) in [5, 5.41) is 11.5. The van der Waals surface area contributed by atoms with Gasteiger partial charge in [-0.1, -0.05) is 35.4 Å². The van der Waals surface area contributed by atoms with E-state index >= 15 is 0 Å². The predicted molar refractivity (Wildman–Crippen MR) is 100 cm³/mol. The highest BCUT2D eigenvalue weighted by atomic mass is 79.9. The minimum Gasteiger partial charge on any atom is -0.381 e. The lowest BCUT2D eigenvalue weighted by Crippen LogP contribution is -2.57. The molecule has 4 rings (SSSR count). The van der Waals surface area contributed by atoms with E-state index in [-0.39, 0.29) is 21.9 Å². The molecule has 4 aliphatic carbocycles. The summed E-state index contributed by atoms with van der Waals surface area (Å²) in [6.07, 6.45) is 9.28. The van der Waals surface area contributed by atoms with E-state index in [2.05, 4.69) is 29.8 Å². The second-order valence-electron chi connectivity index (χ2n) is 9.38. The fourth-order valence-electron chi connectivity index (χ4n) is 7.14. The molecule has 1 N–H and O–H groups in total. The van der Waals surface area contributed by atoms with Crippen LogP contribution in [0.1, 0.15) is 65.2 Å². The molecule has 0 unspecified atom stereocenters. The molecule has 0 radical (unpaired) electrons. The minimum atomic E-state index is -1.16. The highest BCUT2D eigenvalue weighted by Gasteiger charge is 2.65. The van der Waals surface area contributed by atoms with Crippen LogP contribution in [0.2, 0.25) is 0 Å². The van der Waals surface area contributed by atoms with Gasteiger partial charge < -0.3 is 5.11 Å². The van der Waals surface area contributed by atoms with Crippen molar-refractivity contribution in [3.8, 4) is 0 Å². The van der Waals surface area contributed by atoms with E-state index in [9.17, 15) is 14.7 Å². The van der Waals surface area contributed by atoms with Crippen molar-refractivity contribution in [2.24, 2.45) is 28.6 Å². The highest BCUT2D eigenvalue weighted by molar-refractivity contribution is 9.09. The number of alkyl halides is 1. The summed E-state index contributed by atoms with van der Waals surface area (Å²) < 4.78 is 0. The number of rotatable bonds is 2. The number of hydrogen-bond acceptors (Lipinski definition) is 3. The lowest BCUT2D eigenvalue weighted by molar-refractivity contribution is -0.159. The van der Waals surface area contributed by atoms with E-state index in [1.807, 2.05) is 6.08 Å². The fraction of sp³-hybridized carbons (Fsp3) is 0.810. The Morgan fingerprint density at radius 3 is 2.60 bits per heavy atom. The number of ketones is 2. The topological polar surface area (TPSA) is 54.4 Å². The van der Waals surface area contributed by atoms with Crippen LogP contribution in [0.25, 0.3) is 0 Å². The Morgan fingerprint density at radius 2 is 1.88 bits per heavy atom. The summed E-state index contributed by atoms with van der Waals surface area (Å²) in [5.74, 6) is 1.85. The maximum absolute atomic E-state index is 12.5. The van der Waals surface area contributed by atoms with Gasteiger partial charge >= 0.3 is 0 Å². The molecule has 25 heavy (non-hydrogen) atoms. The van der Waals surface area contributed by atoms with Gasteiger partial charge in [0.15, 0.2) is 11.6 Å². The van der Waals surface area contributed by atoms with Gasteiger partial charge in [0.25, 0.3) is 0 Å². The lowest BCUT2D eigenvalue weighted by Gasteiger charge is -2.58. The quantitative estimate of drug-likeness (QED) is 0.695. The molecular formula is C21H29BrO3. The molecule has 0 bridgehead atoms. The van der Waals surface area contributed by atoms with Gasteiger partial charge in [-0.15, -0.1) is 0 Å². The maximum atomic E-state index is 12.5. The van der Waals surface area contributed by atoms with Gasteiger partial charge in [0.05, 0.1) is 5.33 Å². The van der Waals surface area contributed by atoms with E-state index in [0.29, 0.717) is 36.4 Å². The number of carbonyl (C=O) groups excluding carboxylic acids is 2. The van der Waals surface area contributed by atoms with Crippen molar-refractivity contribution >= 4 is 27.5 Å². The van der Waals surface area contributed by atoms with Crippen LogP contribution in [0.3, 0.4) is 0 Å². The zero-order chi connectivity index (χ0) is 18.0. The van der Waals surface area contributed by atoms with Crippen molar-refractivity contribution in [3.05, 3.63) is 11.6 Å². The van der Waals surface area contributed by atoms with Crippen LogP contribution in [-0.2, 0) is 9.59 Å². The third-order valence-electron chi connectivity index (χ3n) is 8.70. The number of aliphatic hydroxyl groups is 1. The van der Waals surface area contributed by atoms with Gasteiger partial charge in [-0.25, -0.2) is 0 Å². The first-order valence-electron chi connectivity index (χ1n) is 9.82. The zero-order valence-corrected chi connectivity index (χ0v) is 16.9. The normalized spacial score (nSPS) is 49.0. The van der Waals surface area contributed by atoms with Crippen LogP contribution in [0.15, 0.2) is 11.6 Å². The molecule has 0 aliphatic heterocycles. The highest BCUT2D eigenvalue weighted by Crippen LogP contribution is 2.67. The molecule has 4 heteroatoms. The van der Waals surface area contributed by atoms with Gasteiger partial charge in [-0.3, -0.25) is 9.59 Å². The van der Waals surface area contributed by atoms with Gasteiger partial charge in [0.2, 0.25) is 0 Å². The van der Waals surface area contributed by atoms with Gasteiger partial charge in [-0.2, -0.15) is 0 Å². The monoisotopic (exact) mass is 408 g/mol. The van der Waals surface area contributed by atoms with Gasteiger partial charge in [-0.05, 0) is 74.2 Å². The Balaban J connectivity index is 1.68. The molecule has 0 aromatic rings. The van der Waals surface area contributed by atoms with Gasteiger partial charge in [0.1, 0.15) is 5.60 Å². The summed E-state index contributed by atoms with van der Waals surface area (Å²) in [5.41, 5.74) is 0.0730. The second-order valence-corrected chi connectivity index (χ2v) is 9.94. The third kappa shape index (κ3) is 2.25. The van der Waals surface area contributed by atoms with E-state index < -0.39 is 5.60 Å². The summed E-state index contributed by atoms with van der Waals surface area (Å²) in [7, 11) is 0. The number of Topliss-reactive ketones (excluding diaryl/α,β-unsaturated/α-hetero) is 1. The standard InChI is InChI=1S/C21H29BrO3/c1-19-8-5-14(23)11-13(19)3-4-15-16(19)6-9-20(2)17(15)7-10-21(20,25)18(24)12-22/h11,15-17,25H,3-10,12H2,1-2H3/t15-,16+,17+,19-,20-,21+/m0/s1. The summed E-state index contributed by atoms with van der Waals surface area (Å²) in [4.78, 5) is 24.4. The number of hydrogen-bond donors (Lipinski definition) is 1. The Labute approximate surface area is 158 Å². The SMILES string of the molecule is C[C@]12CCC(=O)C=C1CC[C@H]1[C@H]2CC[C@@]2(C)[C@@H]1CC[C@@]2(O)C(=O)CBr. The van der Waals surface area contributed by atoms with E-state index in [0.717, 1.165) is 38.5 Å². The van der Waals surface area contributed by atoms with Crippen LogP contribution in [-0.4, -0.2) is 27.6 Å². The predicted octanol–water partition coefficient (Wildman–Crippen LogP) is 4.21. The molecule has 3 fully saturated rings. The van der Waals surface area contributed by atoms with Crippen molar-refractivity contribution in [1.82, 2.24) is 0 Å². The van der Waals surface area contributed by atoms with Crippen molar-refractivity contribution in [2.75, 3.05) is 5.33 Å². The van der Waals surface area contributed by atoms with E-state index in [1.165, 1.54) is 5.57 Å². The largest absolute Gasteiger partial charge is 0.381 e. The van der Waals surface area contributed by atoms with E-state index in [1.54, 1.807) is 0 Å². The third-order valence-corrected chi connectivity index (χ3v) is 9.21. The molecule has 0 spiro atoms.